The maximum absolute atomic E-state index is 11.8. The Kier molecular flexibility index (Phi) is 4.42. The van der Waals surface area contributed by atoms with Gasteiger partial charge in [0.15, 0.2) is 0 Å². The van der Waals surface area contributed by atoms with Gasteiger partial charge >= 0.3 is 0 Å². The van der Waals surface area contributed by atoms with E-state index >= 15 is 0 Å². The summed E-state index contributed by atoms with van der Waals surface area (Å²) in [6.45, 7) is 0. The molecule has 1 fully saturated rings. The SMILES string of the molecule is O=C(NOC1CCCC1)c1ccc(Br)c(Cl)c1. The van der Waals surface area contributed by atoms with E-state index in [0.717, 1.165) is 17.3 Å². The van der Waals surface area contributed by atoms with Crippen LogP contribution in [0, 0.1) is 0 Å². The molecular formula is C12H13BrClNO2. The molecule has 17 heavy (non-hydrogen) atoms. The lowest BCUT2D eigenvalue weighted by atomic mass is 10.2. The predicted molar refractivity (Wildman–Crippen MR) is 70.0 cm³/mol. The van der Waals surface area contributed by atoms with Gasteiger partial charge in [0, 0.05) is 10.0 Å². The van der Waals surface area contributed by atoms with Crippen molar-refractivity contribution in [2.45, 2.75) is 31.8 Å². The third-order valence-electron chi connectivity index (χ3n) is 2.80. The summed E-state index contributed by atoms with van der Waals surface area (Å²) >= 11 is 9.19. The molecule has 0 aromatic heterocycles. The fourth-order valence-corrected chi connectivity index (χ4v) is 2.27. The number of carbonyl (C=O) groups excluding carboxylic acids is 1. The number of halogens is 2. The van der Waals surface area contributed by atoms with Gasteiger partial charge in [-0.2, -0.15) is 0 Å². The standard InChI is InChI=1S/C12H13BrClNO2/c13-10-6-5-8(7-11(10)14)12(16)15-17-9-3-1-2-4-9/h5-7,9H,1-4H2,(H,15,16). The van der Waals surface area contributed by atoms with Crippen LogP contribution in [0.1, 0.15) is 36.0 Å². The molecule has 2 rings (SSSR count). The lowest BCUT2D eigenvalue weighted by Crippen LogP contribution is -2.28. The summed E-state index contributed by atoms with van der Waals surface area (Å²) in [6.07, 6.45) is 4.53. The summed E-state index contributed by atoms with van der Waals surface area (Å²) in [6, 6.07) is 5.05. The molecule has 1 aliphatic rings. The summed E-state index contributed by atoms with van der Waals surface area (Å²) in [5, 5.41) is 0.513. The first-order valence-corrected chi connectivity index (χ1v) is 6.75. The number of nitrogens with one attached hydrogen (secondary N) is 1. The van der Waals surface area contributed by atoms with Gasteiger partial charge in [-0.05, 0) is 47.0 Å². The third kappa shape index (κ3) is 3.44. The summed E-state index contributed by atoms with van der Waals surface area (Å²) in [4.78, 5) is 17.1. The van der Waals surface area contributed by atoms with Crippen LogP contribution < -0.4 is 5.48 Å². The van der Waals surface area contributed by atoms with Crippen molar-refractivity contribution in [3.63, 3.8) is 0 Å². The minimum atomic E-state index is -0.258. The molecule has 0 atom stereocenters. The molecule has 0 heterocycles. The van der Waals surface area contributed by atoms with Gasteiger partial charge in [0.1, 0.15) is 0 Å². The fourth-order valence-electron chi connectivity index (χ4n) is 1.84. The van der Waals surface area contributed by atoms with Crippen molar-refractivity contribution in [2.24, 2.45) is 0 Å². The van der Waals surface area contributed by atoms with E-state index in [1.54, 1.807) is 18.2 Å². The van der Waals surface area contributed by atoms with Crippen LogP contribution in [0.4, 0.5) is 0 Å². The van der Waals surface area contributed by atoms with Crippen molar-refractivity contribution >= 4 is 33.4 Å². The predicted octanol–water partition coefficient (Wildman–Crippen LogP) is 3.71. The molecule has 0 radical (unpaired) electrons. The number of rotatable bonds is 3. The summed E-state index contributed by atoms with van der Waals surface area (Å²) < 4.78 is 0.771. The van der Waals surface area contributed by atoms with Crippen molar-refractivity contribution in [1.29, 1.82) is 0 Å². The van der Waals surface area contributed by atoms with Crippen molar-refractivity contribution < 1.29 is 9.63 Å². The van der Waals surface area contributed by atoms with Gasteiger partial charge in [-0.3, -0.25) is 9.63 Å². The van der Waals surface area contributed by atoms with E-state index in [4.69, 9.17) is 16.4 Å². The Balaban J connectivity index is 1.92. The highest BCUT2D eigenvalue weighted by Gasteiger charge is 2.17. The van der Waals surface area contributed by atoms with E-state index in [1.165, 1.54) is 12.8 Å². The Morgan fingerprint density at radius 1 is 1.41 bits per heavy atom. The Hall–Kier alpha value is -0.580. The maximum atomic E-state index is 11.8. The number of benzene rings is 1. The lowest BCUT2D eigenvalue weighted by molar-refractivity contribution is -0.0124. The first-order chi connectivity index (χ1) is 8.16. The molecule has 0 bridgehead atoms. The largest absolute Gasteiger partial charge is 0.274 e. The van der Waals surface area contributed by atoms with Crippen LogP contribution in [0.15, 0.2) is 22.7 Å². The maximum Gasteiger partial charge on any atom is 0.274 e. The van der Waals surface area contributed by atoms with Gasteiger partial charge in [0.2, 0.25) is 0 Å². The topological polar surface area (TPSA) is 38.3 Å². The fraction of sp³-hybridized carbons (Fsp3) is 0.417. The number of amides is 1. The highest BCUT2D eigenvalue weighted by atomic mass is 79.9. The van der Waals surface area contributed by atoms with Gasteiger partial charge in [-0.15, -0.1) is 0 Å². The molecule has 92 valence electrons. The van der Waals surface area contributed by atoms with Crippen molar-refractivity contribution in [3.8, 4) is 0 Å². The number of hydroxylamine groups is 1. The Labute approximate surface area is 114 Å². The zero-order valence-electron chi connectivity index (χ0n) is 9.21. The Morgan fingerprint density at radius 3 is 2.76 bits per heavy atom. The van der Waals surface area contributed by atoms with Crippen molar-refractivity contribution in [1.82, 2.24) is 5.48 Å². The Morgan fingerprint density at radius 2 is 2.12 bits per heavy atom. The zero-order valence-corrected chi connectivity index (χ0v) is 11.6. The number of hydrogen-bond acceptors (Lipinski definition) is 2. The van der Waals surface area contributed by atoms with Gasteiger partial charge in [0.25, 0.3) is 5.91 Å². The molecule has 1 aliphatic carbocycles. The van der Waals surface area contributed by atoms with Crippen LogP contribution in [-0.2, 0) is 4.84 Å². The van der Waals surface area contributed by atoms with Crippen LogP contribution in [0.2, 0.25) is 5.02 Å². The lowest BCUT2D eigenvalue weighted by Gasteiger charge is -2.11. The normalized spacial score (nSPS) is 16.1. The molecule has 1 aromatic rings. The highest BCUT2D eigenvalue weighted by molar-refractivity contribution is 9.10. The minimum Gasteiger partial charge on any atom is -0.270 e. The molecule has 0 saturated heterocycles. The van der Waals surface area contributed by atoms with Gasteiger partial charge in [0.05, 0.1) is 11.1 Å². The molecule has 0 unspecified atom stereocenters. The van der Waals surface area contributed by atoms with Gasteiger partial charge < -0.3 is 0 Å². The second-order valence-electron chi connectivity index (χ2n) is 4.08. The number of hydrogen-bond donors (Lipinski definition) is 1. The molecule has 1 aromatic carbocycles. The molecule has 5 heteroatoms. The van der Waals surface area contributed by atoms with E-state index in [0.29, 0.717) is 10.6 Å². The van der Waals surface area contributed by atoms with E-state index in [-0.39, 0.29) is 12.0 Å². The Bertz CT molecular complexity index is 419. The average Bonchev–Trinajstić information content (AvgIpc) is 2.82. The molecule has 1 N–H and O–H groups in total. The van der Waals surface area contributed by atoms with E-state index in [1.807, 2.05) is 0 Å². The second kappa shape index (κ2) is 5.85. The van der Waals surface area contributed by atoms with Gasteiger partial charge in [-0.25, -0.2) is 5.48 Å². The smallest absolute Gasteiger partial charge is 0.270 e. The average molecular weight is 319 g/mol. The van der Waals surface area contributed by atoms with E-state index in [2.05, 4.69) is 21.4 Å². The van der Waals surface area contributed by atoms with Crippen molar-refractivity contribution in [3.05, 3.63) is 33.3 Å². The van der Waals surface area contributed by atoms with Crippen molar-refractivity contribution in [2.75, 3.05) is 0 Å². The van der Waals surface area contributed by atoms with E-state index in [9.17, 15) is 4.79 Å². The summed E-state index contributed by atoms with van der Waals surface area (Å²) in [5.74, 6) is -0.258. The van der Waals surface area contributed by atoms with Crippen LogP contribution in [-0.4, -0.2) is 12.0 Å². The molecule has 0 aliphatic heterocycles. The van der Waals surface area contributed by atoms with Gasteiger partial charge in [-0.1, -0.05) is 24.4 Å². The first-order valence-electron chi connectivity index (χ1n) is 5.58. The van der Waals surface area contributed by atoms with E-state index < -0.39 is 0 Å². The van der Waals surface area contributed by atoms with Crippen LogP contribution >= 0.6 is 27.5 Å². The van der Waals surface area contributed by atoms with Crippen LogP contribution in [0.5, 0.6) is 0 Å². The quantitative estimate of drug-likeness (QED) is 0.863. The minimum absolute atomic E-state index is 0.157. The van der Waals surface area contributed by atoms with Crippen LogP contribution in [0.25, 0.3) is 0 Å². The second-order valence-corrected chi connectivity index (χ2v) is 5.35. The molecular weight excluding hydrogens is 305 g/mol. The highest BCUT2D eigenvalue weighted by Crippen LogP contribution is 2.23. The first kappa shape index (κ1) is 12.9. The molecule has 3 nitrogen and oxygen atoms in total. The molecule has 1 amide bonds. The van der Waals surface area contributed by atoms with Crippen LogP contribution in [0.3, 0.4) is 0 Å². The number of carbonyl (C=O) groups is 1. The monoisotopic (exact) mass is 317 g/mol. The summed E-state index contributed by atoms with van der Waals surface area (Å²) in [7, 11) is 0. The molecule has 0 spiro atoms. The zero-order chi connectivity index (χ0) is 12.3. The third-order valence-corrected chi connectivity index (χ3v) is 4.03. The molecule has 1 saturated carbocycles. The summed E-state index contributed by atoms with van der Waals surface area (Å²) in [5.41, 5.74) is 2.97.